The van der Waals surface area contributed by atoms with Gasteiger partial charge in [-0.1, -0.05) is 44.5 Å². The van der Waals surface area contributed by atoms with E-state index in [0.29, 0.717) is 21.9 Å². The maximum Gasteiger partial charge on any atom is 0.173 e. The van der Waals surface area contributed by atoms with E-state index in [9.17, 15) is 4.79 Å². The molecule has 3 aromatic rings. The molecule has 4 rings (SSSR count). The van der Waals surface area contributed by atoms with Crippen LogP contribution in [0.25, 0.3) is 22.4 Å². The highest BCUT2D eigenvalue weighted by molar-refractivity contribution is 6.35. The second-order valence-corrected chi connectivity index (χ2v) is 8.47. The number of nitrogens with one attached hydrogen (secondary N) is 1. The number of anilines is 1. The Bertz CT molecular complexity index is 1010. The van der Waals surface area contributed by atoms with Crippen LogP contribution in [-0.4, -0.2) is 33.8 Å². The topological polar surface area (TPSA) is 61.9 Å². The molecule has 1 aliphatic rings. The average molecular weight is 383 g/mol. The fourth-order valence-electron chi connectivity index (χ4n) is 3.48. The van der Waals surface area contributed by atoms with Gasteiger partial charge in [0.05, 0.1) is 17.5 Å². The molecule has 2 aromatic heterocycles. The van der Waals surface area contributed by atoms with Gasteiger partial charge in [0, 0.05) is 29.8 Å². The lowest BCUT2D eigenvalue weighted by Gasteiger charge is -2.18. The fraction of sp³-hybridized carbons (Fsp3) is 0.381. The first-order valence-corrected chi connectivity index (χ1v) is 9.67. The molecule has 0 saturated carbocycles. The van der Waals surface area contributed by atoms with Crippen LogP contribution in [0.3, 0.4) is 0 Å². The van der Waals surface area contributed by atoms with Crippen LogP contribution >= 0.6 is 11.6 Å². The Morgan fingerprint density at radius 1 is 1.22 bits per heavy atom. The van der Waals surface area contributed by atoms with Gasteiger partial charge >= 0.3 is 0 Å². The Hall–Kier alpha value is -2.40. The van der Waals surface area contributed by atoms with E-state index in [2.05, 4.69) is 27.0 Å². The van der Waals surface area contributed by atoms with Crippen molar-refractivity contribution in [3.63, 3.8) is 0 Å². The van der Waals surface area contributed by atoms with Crippen LogP contribution in [0.4, 0.5) is 5.69 Å². The van der Waals surface area contributed by atoms with Crippen molar-refractivity contribution in [1.29, 1.82) is 0 Å². The fourth-order valence-corrected chi connectivity index (χ4v) is 3.75. The lowest BCUT2D eigenvalue weighted by Crippen LogP contribution is -2.20. The third-order valence-corrected chi connectivity index (χ3v) is 5.26. The molecule has 0 radical (unpaired) electrons. The minimum atomic E-state index is -0.549. The summed E-state index contributed by atoms with van der Waals surface area (Å²) in [7, 11) is 0. The van der Waals surface area contributed by atoms with Gasteiger partial charge in [0.1, 0.15) is 10.7 Å². The van der Waals surface area contributed by atoms with Crippen molar-refractivity contribution in [1.82, 2.24) is 15.0 Å². The summed E-state index contributed by atoms with van der Waals surface area (Å²) in [6.45, 7) is 7.81. The smallest absolute Gasteiger partial charge is 0.173 e. The molecule has 0 bridgehead atoms. The van der Waals surface area contributed by atoms with Gasteiger partial charge in [-0.25, -0.2) is 9.97 Å². The lowest BCUT2D eigenvalue weighted by molar-refractivity contribution is 0.0860. The largest absolute Gasteiger partial charge is 0.372 e. The van der Waals surface area contributed by atoms with Crippen molar-refractivity contribution < 1.29 is 4.79 Å². The molecular weight excluding hydrogens is 360 g/mol. The van der Waals surface area contributed by atoms with Crippen LogP contribution in [0, 0.1) is 5.41 Å². The van der Waals surface area contributed by atoms with E-state index in [1.807, 2.05) is 32.9 Å². The Labute approximate surface area is 163 Å². The highest BCUT2D eigenvalue weighted by Gasteiger charge is 2.29. The lowest BCUT2D eigenvalue weighted by atomic mass is 9.87. The number of aromatic nitrogens is 3. The van der Waals surface area contributed by atoms with Gasteiger partial charge < -0.3 is 9.88 Å². The number of carbonyl (C=O) groups excluding carboxylic acids is 1. The van der Waals surface area contributed by atoms with E-state index in [4.69, 9.17) is 16.6 Å². The molecule has 0 amide bonds. The van der Waals surface area contributed by atoms with Crippen LogP contribution in [0.5, 0.6) is 0 Å². The molecule has 6 heteroatoms. The highest BCUT2D eigenvalue weighted by Crippen LogP contribution is 2.32. The Morgan fingerprint density at radius 2 is 1.96 bits per heavy atom. The quantitative estimate of drug-likeness (QED) is 0.639. The molecule has 5 nitrogen and oxygen atoms in total. The summed E-state index contributed by atoms with van der Waals surface area (Å²) >= 11 is 6.32. The molecule has 0 atom stereocenters. The number of nitrogens with zero attached hydrogens (tertiary/aromatic N) is 3. The molecule has 1 fully saturated rings. The number of Topliss-reactive ketones (excluding diaryl/α,β-unsaturated/α-hetero) is 1. The average Bonchev–Trinajstić information content (AvgIpc) is 3.27. The number of halogens is 1. The Morgan fingerprint density at radius 3 is 2.67 bits per heavy atom. The first kappa shape index (κ1) is 18.0. The zero-order valence-corrected chi connectivity index (χ0v) is 16.6. The molecular formula is C21H23ClN4O. The maximum absolute atomic E-state index is 12.9. The van der Waals surface area contributed by atoms with Crippen molar-refractivity contribution in [3.8, 4) is 11.3 Å². The van der Waals surface area contributed by atoms with Crippen LogP contribution < -0.4 is 4.90 Å². The second kappa shape index (κ2) is 6.64. The first-order chi connectivity index (χ1) is 12.8. The van der Waals surface area contributed by atoms with E-state index >= 15 is 0 Å². The Kier molecular flexibility index (Phi) is 4.42. The van der Waals surface area contributed by atoms with Gasteiger partial charge in [-0.05, 0) is 25.0 Å². The molecule has 0 spiro atoms. The van der Waals surface area contributed by atoms with E-state index < -0.39 is 5.41 Å². The summed E-state index contributed by atoms with van der Waals surface area (Å²) < 4.78 is 0. The zero-order valence-electron chi connectivity index (χ0n) is 15.8. The van der Waals surface area contributed by atoms with E-state index in [1.54, 1.807) is 6.20 Å². The summed E-state index contributed by atoms with van der Waals surface area (Å²) in [5, 5.41) is 0.299. The molecule has 1 aliphatic heterocycles. The monoisotopic (exact) mass is 382 g/mol. The van der Waals surface area contributed by atoms with Crippen LogP contribution in [0.1, 0.15) is 44.0 Å². The SMILES string of the molecule is CC(C)(C)C(=O)c1c(Cl)[nH]c2ncc(-c3cccc(N4CCCC4)c3)nc12. The first-order valence-electron chi connectivity index (χ1n) is 9.29. The molecule has 3 heterocycles. The molecule has 0 unspecified atom stereocenters. The Balaban J connectivity index is 1.80. The number of rotatable bonds is 3. The number of fused-ring (bicyclic) bond motifs is 1. The van der Waals surface area contributed by atoms with Crippen molar-refractivity contribution in [3.05, 3.63) is 41.2 Å². The number of hydrogen-bond acceptors (Lipinski definition) is 4. The van der Waals surface area contributed by atoms with Crippen LogP contribution in [-0.2, 0) is 0 Å². The van der Waals surface area contributed by atoms with Gasteiger partial charge in [0.2, 0.25) is 0 Å². The van der Waals surface area contributed by atoms with E-state index in [0.717, 1.165) is 24.3 Å². The zero-order chi connectivity index (χ0) is 19.2. The predicted octanol–water partition coefficient (Wildman–Crippen LogP) is 5.11. The van der Waals surface area contributed by atoms with Gasteiger partial charge in [-0.2, -0.15) is 0 Å². The van der Waals surface area contributed by atoms with Crippen molar-refractivity contribution in [2.24, 2.45) is 5.41 Å². The number of benzene rings is 1. The molecule has 1 N–H and O–H groups in total. The standard InChI is InChI=1S/C21H23ClN4O/c1-21(2,3)18(27)16-17-20(25-19(16)22)23-12-15(24-17)13-7-6-8-14(11-13)26-9-4-5-10-26/h6-8,11-12H,4-5,9-10H2,1-3H3,(H,23,25). The third-order valence-electron chi connectivity index (χ3n) is 4.98. The summed E-state index contributed by atoms with van der Waals surface area (Å²) in [6.07, 6.45) is 4.19. The van der Waals surface area contributed by atoms with Crippen molar-refractivity contribution in [2.45, 2.75) is 33.6 Å². The van der Waals surface area contributed by atoms with Crippen LogP contribution in [0.15, 0.2) is 30.5 Å². The third kappa shape index (κ3) is 3.32. The molecule has 0 aliphatic carbocycles. The van der Waals surface area contributed by atoms with E-state index in [1.165, 1.54) is 18.5 Å². The summed E-state index contributed by atoms with van der Waals surface area (Å²) in [4.78, 5) is 27.4. The second-order valence-electron chi connectivity index (χ2n) is 8.09. The van der Waals surface area contributed by atoms with E-state index in [-0.39, 0.29) is 5.78 Å². The summed E-state index contributed by atoms with van der Waals surface area (Å²) in [5.41, 5.74) is 3.86. The summed E-state index contributed by atoms with van der Waals surface area (Å²) in [6, 6.07) is 8.33. The molecule has 1 aromatic carbocycles. The minimum Gasteiger partial charge on any atom is -0.372 e. The van der Waals surface area contributed by atoms with Crippen molar-refractivity contribution in [2.75, 3.05) is 18.0 Å². The number of ketones is 1. The highest BCUT2D eigenvalue weighted by atomic mass is 35.5. The van der Waals surface area contributed by atoms with Crippen molar-refractivity contribution >= 4 is 34.2 Å². The summed E-state index contributed by atoms with van der Waals surface area (Å²) in [5.74, 6) is -0.0454. The number of hydrogen-bond donors (Lipinski definition) is 1. The van der Waals surface area contributed by atoms with Gasteiger partial charge in [0.25, 0.3) is 0 Å². The molecule has 1 saturated heterocycles. The predicted molar refractivity (Wildman–Crippen MR) is 110 cm³/mol. The number of aromatic amines is 1. The maximum atomic E-state index is 12.9. The normalized spacial score (nSPS) is 14.9. The van der Waals surface area contributed by atoms with Gasteiger partial charge in [-0.15, -0.1) is 0 Å². The number of H-pyrrole nitrogens is 1. The van der Waals surface area contributed by atoms with Gasteiger partial charge in [-0.3, -0.25) is 4.79 Å². The van der Waals surface area contributed by atoms with Crippen LogP contribution in [0.2, 0.25) is 5.15 Å². The molecule has 27 heavy (non-hydrogen) atoms. The van der Waals surface area contributed by atoms with Gasteiger partial charge in [0.15, 0.2) is 11.4 Å². The minimum absolute atomic E-state index is 0.0454. The number of carbonyl (C=O) groups is 1. The molecule has 140 valence electrons.